The summed E-state index contributed by atoms with van der Waals surface area (Å²) < 4.78 is 150. The van der Waals surface area contributed by atoms with Crippen LogP contribution in [0.5, 0.6) is 0 Å². The molecule has 4 heterocycles. The molecule has 0 aliphatic heterocycles. The summed E-state index contributed by atoms with van der Waals surface area (Å²) in [5, 5.41) is 3.56. The number of para-hydroxylation sites is 2. The Hall–Kier alpha value is -7.41. The van der Waals surface area contributed by atoms with Gasteiger partial charge in [-0.2, -0.15) is 0 Å². The zero-order valence-corrected chi connectivity index (χ0v) is 30.0. The van der Waals surface area contributed by atoms with Crippen LogP contribution >= 0.6 is 11.3 Å². The van der Waals surface area contributed by atoms with Gasteiger partial charge in [0, 0.05) is 58.7 Å². The first kappa shape index (κ1) is 20.0. The van der Waals surface area contributed by atoms with Crippen LogP contribution in [0.3, 0.4) is 0 Å². The minimum atomic E-state index is -0.785. The van der Waals surface area contributed by atoms with E-state index in [1.54, 1.807) is 18.2 Å². The fraction of sp³-hybridized carbons (Fsp3) is 0. The molecule has 0 saturated heterocycles. The van der Waals surface area contributed by atoms with E-state index < -0.39 is 119 Å². The smallest absolute Gasteiger partial charge is 0.165 e. The first-order valence-electron chi connectivity index (χ1n) is 25.7. The fourth-order valence-corrected chi connectivity index (χ4v) is 8.53. The Morgan fingerprint density at radius 1 is 0.509 bits per heavy atom. The molecular weight excluding hydrogens is 717 g/mol. The van der Waals surface area contributed by atoms with Gasteiger partial charge in [0.05, 0.1) is 38.4 Å². The van der Waals surface area contributed by atoms with Crippen molar-refractivity contribution in [2.75, 3.05) is 0 Å². The number of thiophene rings is 1. The Morgan fingerprint density at radius 3 is 2.18 bits per heavy atom. The summed E-state index contributed by atoms with van der Waals surface area (Å²) in [5.41, 5.74) is 2.21. The molecule has 6 heteroatoms. The second kappa shape index (κ2) is 12.6. The first-order chi connectivity index (χ1) is 34.9. The van der Waals surface area contributed by atoms with Crippen LogP contribution in [0.2, 0.25) is 0 Å². The highest BCUT2D eigenvalue weighted by atomic mass is 32.1. The molecular formula is C51H30N4OS. The number of benzene rings is 8. The van der Waals surface area contributed by atoms with Gasteiger partial charge in [0.25, 0.3) is 0 Å². The maximum absolute atomic E-state index is 9.57. The van der Waals surface area contributed by atoms with Crippen molar-refractivity contribution < 1.29 is 26.3 Å². The van der Waals surface area contributed by atoms with Gasteiger partial charge in [-0.3, -0.25) is 0 Å². The third kappa shape index (κ3) is 5.04. The second-order valence-electron chi connectivity index (χ2n) is 13.2. The molecule has 12 aromatic rings. The largest absolute Gasteiger partial charge is 0.455 e. The summed E-state index contributed by atoms with van der Waals surface area (Å²) in [7, 11) is 0. The second-order valence-corrected chi connectivity index (χ2v) is 14.2. The van der Waals surface area contributed by atoms with Crippen LogP contribution in [-0.4, -0.2) is 19.5 Å². The van der Waals surface area contributed by atoms with E-state index in [0.717, 1.165) is 49.5 Å². The molecule has 0 atom stereocenters. The van der Waals surface area contributed by atoms with E-state index in [1.165, 1.54) is 0 Å². The number of nitrogens with zero attached hydrogens (tertiary/aromatic N) is 4. The molecule has 266 valence electrons. The average Bonchev–Trinajstić information content (AvgIpc) is 4.09. The van der Waals surface area contributed by atoms with Crippen LogP contribution in [0.25, 0.3) is 115 Å². The molecule has 0 aliphatic carbocycles. The van der Waals surface area contributed by atoms with Crippen molar-refractivity contribution in [3.63, 3.8) is 0 Å². The molecule has 0 radical (unpaired) electrons. The van der Waals surface area contributed by atoms with Crippen molar-refractivity contribution in [2.45, 2.75) is 0 Å². The third-order valence-corrected chi connectivity index (χ3v) is 11.1. The van der Waals surface area contributed by atoms with E-state index in [9.17, 15) is 4.11 Å². The highest BCUT2D eigenvalue weighted by Crippen LogP contribution is 2.42. The van der Waals surface area contributed by atoms with E-state index in [-0.39, 0.29) is 37.4 Å². The quantitative estimate of drug-likeness (QED) is 0.175. The summed E-state index contributed by atoms with van der Waals surface area (Å²) in [5.74, 6) is -0.929. The van der Waals surface area contributed by atoms with Crippen LogP contribution in [0.4, 0.5) is 0 Å². The molecule has 12 rings (SSSR count). The molecule has 0 bridgehead atoms. The molecule has 0 spiro atoms. The molecule has 5 nitrogen and oxygen atoms in total. The van der Waals surface area contributed by atoms with Crippen LogP contribution in [0.1, 0.15) is 21.9 Å². The number of furan rings is 1. The number of hydrogen-bond acceptors (Lipinski definition) is 5. The van der Waals surface area contributed by atoms with Gasteiger partial charge in [-0.05, 0) is 65.7 Å². The lowest BCUT2D eigenvalue weighted by atomic mass is 10.0. The number of aromatic nitrogens is 4. The highest BCUT2D eigenvalue weighted by molar-refractivity contribution is 7.26. The molecule has 0 N–H and O–H groups in total. The lowest BCUT2D eigenvalue weighted by Crippen LogP contribution is -2.01. The molecule has 4 aromatic heterocycles. The van der Waals surface area contributed by atoms with Gasteiger partial charge in [-0.1, -0.05) is 127 Å². The molecule has 0 saturated carbocycles. The lowest BCUT2D eigenvalue weighted by Gasteiger charge is -2.12. The van der Waals surface area contributed by atoms with Gasteiger partial charge in [-0.25, -0.2) is 15.0 Å². The standard InChI is InChI=1S/C51H30N4OS/c1-2-13-31(14-3-1)32-15-10-16-33(29-32)49-52-50(54-51(53-49)41-23-12-22-39-37-20-6-9-26-45(37)57-48(39)41)34-17-11-18-35(30-34)55-42-24-7-4-21-40(42)46-43(55)28-27-38-36-19-5-8-25-44(36)56-47(38)46/h1-30H/i1D,2D,3D,6D,9D,10D,12D,13D,14D,15D,16D,20D,22D,23D,26D,29D. The molecule has 57 heavy (non-hydrogen) atoms. The minimum Gasteiger partial charge on any atom is -0.455 e. The topological polar surface area (TPSA) is 56.7 Å². The first-order valence-corrected chi connectivity index (χ1v) is 18.5. The van der Waals surface area contributed by atoms with Gasteiger partial charge in [-0.15, -0.1) is 11.3 Å². The average molecular weight is 763 g/mol. The molecule has 0 aliphatic rings. The number of rotatable bonds is 5. The van der Waals surface area contributed by atoms with Gasteiger partial charge in [0.15, 0.2) is 17.5 Å². The van der Waals surface area contributed by atoms with Crippen LogP contribution in [0.15, 0.2) is 186 Å². The predicted octanol–water partition coefficient (Wildman–Crippen LogP) is 13.9. The van der Waals surface area contributed by atoms with Crippen molar-refractivity contribution in [3.8, 4) is 51.0 Å². The van der Waals surface area contributed by atoms with Crippen LogP contribution < -0.4 is 0 Å². The molecule has 8 aromatic carbocycles. The van der Waals surface area contributed by atoms with Crippen LogP contribution in [-0.2, 0) is 0 Å². The Labute approximate surface area is 353 Å². The number of fused-ring (bicyclic) bond motifs is 10. The summed E-state index contributed by atoms with van der Waals surface area (Å²) in [4.78, 5) is 14.4. The zero-order chi connectivity index (χ0) is 51.4. The maximum atomic E-state index is 9.57. The third-order valence-electron chi connectivity index (χ3n) is 9.94. The van der Waals surface area contributed by atoms with E-state index in [1.807, 2.05) is 71.3 Å². The van der Waals surface area contributed by atoms with E-state index in [2.05, 4.69) is 0 Å². The minimum absolute atomic E-state index is 0.0455. The maximum Gasteiger partial charge on any atom is 0.165 e. The summed E-state index contributed by atoms with van der Waals surface area (Å²) in [6.45, 7) is 0. The summed E-state index contributed by atoms with van der Waals surface area (Å²) >= 11 is 0.842. The molecule has 0 unspecified atom stereocenters. The van der Waals surface area contributed by atoms with Crippen molar-refractivity contribution >= 4 is 75.3 Å². The Morgan fingerprint density at radius 2 is 1.25 bits per heavy atom. The van der Waals surface area contributed by atoms with Gasteiger partial charge >= 0.3 is 0 Å². The van der Waals surface area contributed by atoms with Crippen molar-refractivity contribution in [1.82, 2.24) is 19.5 Å². The normalized spacial score (nSPS) is 15.8. The van der Waals surface area contributed by atoms with Gasteiger partial charge in [0.1, 0.15) is 11.2 Å². The highest BCUT2D eigenvalue weighted by Gasteiger charge is 2.21. The van der Waals surface area contributed by atoms with Gasteiger partial charge < -0.3 is 8.98 Å². The molecule has 0 fully saturated rings. The Bertz CT molecular complexity index is 4460. The lowest BCUT2D eigenvalue weighted by molar-refractivity contribution is 0.673. The molecule has 0 amide bonds. The van der Waals surface area contributed by atoms with Crippen LogP contribution in [0, 0.1) is 0 Å². The van der Waals surface area contributed by atoms with Crippen molar-refractivity contribution in [3.05, 3.63) is 182 Å². The van der Waals surface area contributed by atoms with Crippen molar-refractivity contribution in [2.24, 2.45) is 0 Å². The monoisotopic (exact) mass is 762 g/mol. The Balaban J connectivity index is 1.17. The van der Waals surface area contributed by atoms with E-state index >= 15 is 0 Å². The Kier molecular flexibility index (Phi) is 4.40. The van der Waals surface area contributed by atoms with Gasteiger partial charge in [0.2, 0.25) is 0 Å². The van der Waals surface area contributed by atoms with Crippen molar-refractivity contribution in [1.29, 1.82) is 0 Å². The SMILES string of the molecule is [2H]c1c([2H])c([2H])c(-c2c([2H])c([2H])c([2H])c(-c3nc(-c4cccc(-n5c6ccccc6c6c7oc8ccccc8c7ccc65)c4)nc(-c4c([2H])c([2H])c([2H])c5c4sc4c([2H])c([2H])c([2H])c([2H])c45)n3)c2[2H])c([2H])c1[2H]. The number of hydrogen-bond donors (Lipinski definition) is 0. The predicted molar refractivity (Wildman–Crippen MR) is 236 cm³/mol. The summed E-state index contributed by atoms with van der Waals surface area (Å²) in [6, 6.07) is 16.3. The van der Waals surface area contributed by atoms with E-state index in [0.29, 0.717) is 16.8 Å². The van der Waals surface area contributed by atoms with E-state index in [4.69, 9.17) is 37.2 Å². The fourth-order valence-electron chi connectivity index (χ4n) is 7.47. The zero-order valence-electron chi connectivity index (χ0n) is 45.2. The summed E-state index contributed by atoms with van der Waals surface area (Å²) in [6.07, 6.45) is 0.